The van der Waals surface area contributed by atoms with Crippen molar-refractivity contribution >= 4 is 18.4 Å². The van der Waals surface area contributed by atoms with E-state index in [2.05, 4.69) is 17.6 Å². The summed E-state index contributed by atoms with van der Waals surface area (Å²) in [5.41, 5.74) is 2.27. The Morgan fingerprint density at radius 3 is 1.82 bits per heavy atom. The van der Waals surface area contributed by atoms with E-state index in [0.29, 0.717) is 12.0 Å². The third-order valence-electron chi connectivity index (χ3n) is 2.10. The molecule has 0 bridgehead atoms. The molecule has 2 nitrogen and oxygen atoms in total. The average Bonchev–Trinajstić information content (AvgIpc) is 2.92. The minimum absolute atomic E-state index is 0.375. The van der Waals surface area contributed by atoms with Gasteiger partial charge in [-0.15, -0.1) is 0 Å². The van der Waals surface area contributed by atoms with Crippen LogP contribution in [0, 0.1) is 0 Å². The van der Waals surface area contributed by atoms with Crippen molar-refractivity contribution in [3.05, 3.63) is 72.7 Å². The van der Waals surface area contributed by atoms with Crippen LogP contribution in [0.15, 0.2) is 60.2 Å². The van der Waals surface area contributed by atoms with Crippen molar-refractivity contribution in [2.45, 2.75) is 0 Å². The van der Waals surface area contributed by atoms with Gasteiger partial charge in [-0.3, -0.25) is 4.79 Å². The van der Waals surface area contributed by atoms with Gasteiger partial charge in [0, 0.05) is 0 Å². The molecule has 2 aromatic rings. The largest absolute Gasteiger partial charge is 0.462 e. The van der Waals surface area contributed by atoms with Gasteiger partial charge in [-0.05, 0) is 23.3 Å². The Bertz CT molecular complexity index is 454. The number of hydrogen-bond donors (Lipinski definition) is 0. The molecule has 0 spiro atoms. The van der Waals surface area contributed by atoms with Gasteiger partial charge in [0.2, 0.25) is 0 Å². The molecular weight excluding hydrogens is 212 g/mol. The molecule has 0 aliphatic rings. The fraction of sp³-hybridized carbons (Fsp3) is 0. The first-order valence-electron chi connectivity index (χ1n) is 5.14. The predicted octanol–water partition coefficient (Wildman–Crippen LogP) is 4.06. The van der Waals surface area contributed by atoms with E-state index >= 15 is 0 Å². The molecule has 0 radical (unpaired) electrons. The number of carbonyl (C=O) groups is 1. The summed E-state index contributed by atoms with van der Waals surface area (Å²) in [7, 11) is 0. The van der Waals surface area contributed by atoms with E-state index in [4.69, 9.17) is 0 Å². The second-order valence-electron chi connectivity index (χ2n) is 3.17. The van der Waals surface area contributed by atoms with Gasteiger partial charge in [0.15, 0.2) is 12.0 Å². The van der Waals surface area contributed by atoms with Crippen molar-refractivity contribution in [1.82, 2.24) is 0 Å². The maximum atomic E-state index is 9.77. The summed E-state index contributed by atoms with van der Waals surface area (Å²) in [5.74, 6) is 0.375. The molecule has 0 unspecified atom stereocenters. The Kier molecular flexibility index (Phi) is 5.25. The van der Waals surface area contributed by atoms with E-state index in [1.54, 1.807) is 12.1 Å². The third kappa shape index (κ3) is 3.95. The highest BCUT2D eigenvalue weighted by Gasteiger charge is 1.89. The second-order valence-corrected chi connectivity index (χ2v) is 3.17. The first-order chi connectivity index (χ1) is 8.31. The number of aldehydes is 1. The van der Waals surface area contributed by atoms with E-state index in [0.717, 1.165) is 11.1 Å². The molecule has 1 aromatic carbocycles. The Morgan fingerprint density at radius 1 is 0.941 bits per heavy atom. The third-order valence-corrected chi connectivity index (χ3v) is 2.10. The second kappa shape index (κ2) is 7.01. The first-order valence-corrected chi connectivity index (χ1v) is 5.14. The number of furan rings is 1. The molecule has 0 amide bonds. The monoisotopic (exact) mass is 226 g/mol. The number of hydrogen-bond acceptors (Lipinski definition) is 2. The van der Waals surface area contributed by atoms with E-state index in [9.17, 15) is 4.79 Å². The van der Waals surface area contributed by atoms with E-state index < -0.39 is 0 Å². The van der Waals surface area contributed by atoms with Crippen molar-refractivity contribution in [3.8, 4) is 0 Å². The molecule has 2 rings (SSSR count). The minimum atomic E-state index is 0.375. The van der Waals surface area contributed by atoms with Crippen LogP contribution in [0.1, 0.15) is 21.7 Å². The zero-order valence-electron chi connectivity index (χ0n) is 9.50. The van der Waals surface area contributed by atoms with Crippen molar-refractivity contribution in [3.63, 3.8) is 0 Å². The fourth-order valence-corrected chi connectivity index (χ4v) is 1.24. The first kappa shape index (κ1) is 12.7. The number of benzene rings is 1. The molecule has 0 fully saturated rings. The van der Waals surface area contributed by atoms with Gasteiger partial charge >= 0.3 is 0 Å². The van der Waals surface area contributed by atoms with Crippen molar-refractivity contribution < 1.29 is 9.21 Å². The van der Waals surface area contributed by atoms with Crippen LogP contribution in [0.3, 0.4) is 0 Å². The smallest absolute Gasteiger partial charge is 0.185 e. The van der Waals surface area contributed by atoms with Gasteiger partial charge < -0.3 is 4.42 Å². The highest BCUT2D eigenvalue weighted by Crippen LogP contribution is 2.10. The highest BCUT2D eigenvalue weighted by atomic mass is 16.3. The maximum Gasteiger partial charge on any atom is 0.185 e. The molecule has 0 aliphatic carbocycles. The fourth-order valence-electron chi connectivity index (χ4n) is 1.24. The van der Waals surface area contributed by atoms with E-state index in [-0.39, 0.29) is 0 Å². The van der Waals surface area contributed by atoms with Crippen LogP contribution >= 0.6 is 0 Å². The SMILES string of the molecule is C=Cc1ccccc1C=C.O=Cc1ccco1. The van der Waals surface area contributed by atoms with Crippen LogP contribution < -0.4 is 0 Å². The topological polar surface area (TPSA) is 30.2 Å². The Morgan fingerprint density at radius 2 is 1.53 bits per heavy atom. The normalized spacial score (nSPS) is 8.71. The van der Waals surface area contributed by atoms with Crippen LogP contribution in [-0.4, -0.2) is 6.29 Å². The molecule has 86 valence electrons. The van der Waals surface area contributed by atoms with Crippen molar-refractivity contribution in [2.24, 2.45) is 0 Å². The predicted molar refractivity (Wildman–Crippen MR) is 70.7 cm³/mol. The summed E-state index contributed by atoms with van der Waals surface area (Å²) in [6, 6.07) is 11.3. The summed E-state index contributed by atoms with van der Waals surface area (Å²) in [4.78, 5) is 9.77. The standard InChI is InChI=1S/C10H10.C5H4O2/c1-3-9-7-5-6-8-10(9)4-2;6-4-5-2-1-3-7-5/h3-8H,1-2H2;1-4H. The van der Waals surface area contributed by atoms with Crippen molar-refractivity contribution in [1.29, 1.82) is 0 Å². The van der Waals surface area contributed by atoms with E-state index in [1.165, 1.54) is 6.26 Å². The van der Waals surface area contributed by atoms with Crippen LogP contribution in [0.25, 0.3) is 12.2 Å². The average molecular weight is 226 g/mol. The molecule has 1 aromatic heterocycles. The molecule has 0 aliphatic heterocycles. The number of carbonyl (C=O) groups excluding carboxylic acids is 1. The highest BCUT2D eigenvalue weighted by molar-refractivity contribution is 5.69. The minimum Gasteiger partial charge on any atom is -0.462 e. The van der Waals surface area contributed by atoms with Crippen LogP contribution in [0.2, 0.25) is 0 Å². The molecule has 1 heterocycles. The summed E-state index contributed by atoms with van der Waals surface area (Å²) in [6.45, 7) is 7.38. The lowest BCUT2D eigenvalue weighted by atomic mass is 10.1. The summed E-state index contributed by atoms with van der Waals surface area (Å²) >= 11 is 0. The molecule has 0 saturated heterocycles. The van der Waals surface area contributed by atoms with Gasteiger partial charge in [-0.1, -0.05) is 49.6 Å². The molecule has 17 heavy (non-hydrogen) atoms. The lowest BCUT2D eigenvalue weighted by Gasteiger charge is -1.96. The lowest BCUT2D eigenvalue weighted by Crippen LogP contribution is -1.76. The Balaban J connectivity index is 0.000000181. The number of rotatable bonds is 3. The summed E-state index contributed by atoms with van der Waals surface area (Å²) in [6.07, 6.45) is 5.79. The molecule has 0 N–H and O–H groups in total. The summed E-state index contributed by atoms with van der Waals surface area (Å²) in [5, 5.41) is 0. The van der Waals surface area contributed by atoms with Crippen molar-refractivity contribution in [2.75, 3.05) is 0 Å². The Labute approximate surface area is 101 Å². The maximum absolute atomic E-state index is 9.77. The van der Waals surface area contributed by atoms with Gasteiger partial charge in [0.25, 0.3) is 0 Å². The van der Waals surface area contributed by atoms with E-state index in [1.807, 2.05) is 36.4 Å². The quantitative estimate of drug-likeness (QED) is 0.738. The lowest BCUT2D eigenvalue weighted by molar-refractivity contribution is 0.110. The van der Waals surface area contributed by atoms with Gasteiger partial charge in [0.05, 0.1) is 6.26 Å². The van der Waals surface area contributed by atoms with Crippen LogP contribution in [0.5, 0.6) is 0 Å². The zero-order chi connectivity index (χ0) is 12.5. The van der Waals surface area contributed by atoms with Crippen LogP contribution in [0.4, 0.5) is 0 Å². The van der Waals surface area contributed by atoms with Gasteiger partial charge in [-0.25, -0.2) is 0 Å². The van der Waals surface area contributed by atoms with Crippen LogP contribution in [-0.2, 0) is 0 Å². The Hall–Kier alpha value is -2.35. The van der Waals surface area contributed by atoms with Gasteiger partial charge in [-0.2, -0.15) is 0 Å². The summed E-state index contributed by atoms with van der Waals surface area (Å²) < 4.78 is 4.61. The molecule has 0 atom stereocenters. The zero-order valence-corrected chi connectivity index (χ0v) is 9.50. The van der Waals surface area contributed by atoms with Gasteiger partial charge in [0.1, 0.15) is 0 Å². The molecule has 0 saturated carbocycles. The molecular formula is C15H14O2. The molecule has 2 heteroatoms.